The van der Waals surface area contributed by atoms with Crippen molar-refractivity contribution in [3.8, 4) is 0 Å². The highest BCUT2D eigenvalue weighted by Crippen LogP contribution is 2.26. The number of hydrogen-bond acceptors (Lipinski definition) is 5. The third kappa shape index (κ3) is 3.96. The summed E-state index contributed by atoms with van der Waals surface area (Å²) in [7, 11) is -3.39. The topological polar surface area (TPSA) is 66.0 Å². The van der Waals surface area contributed by atoms with Crippen molar-refractivity contribution in [1.82, 2.24) is 18.5 Å². The number of benzene rings is 1. The van der Waals surface area contributed by atoms with Crippen molar-refractivity contribution in [2.24, 2.45) is 0 Å². The average Bonchev–Trinajstić information content (AvgIpc) is 2.71. The van der Waals surface area contributed by atoms with Crippen LogP contribution in [0.4, 0.5) is 0 Å². The van der Waals surface area contributed by atoms with E-state index in [1.165, 1.54) is 4.31 Å². The van der Waals surface area contributed by atoms with Crippen LogP contribution in [-0.2, 0) is 21.5 Å². The quantitative estimate of drug-likeness (QED) is 0.765. The van der Waals surface area contributed by atoms with Gasteiger partial charge in [-0.3, -0.25) is 9.88 Å². The molecule has 9 heteroatoms. The summed E-state index contributed by atoms with van der Waals surface area (Å²) < 4.78 is 33.9. The third-order valence-electron chi connectivity index (χ3n) is 5.15. The Morgan fingerprint density at radius 2 is 1.70 bits per heavy atom. The molecule has 0 unspecified atom stereocenters. The van der Waals surface area contributed by atoms with E-state index < -0.39 is 10.2 Å². The zero-order valence-corrected chi connectivity index (χ0v) is 16.6. The van der Waals surface area contributed by atoms with Crippen LogP contribution in [0.5, 0.6) is 0 Å². The maximum absolute atomic E-state index is 12.8. The Morgan fingerprint density at radius 3 is 2.44 bits per heavy atom. The van der Waals surface area contributed by atoms with Gasteiger partial charge in [-0.2, -0.15) is 17.0 Å². The first-order valence-electron chi connectivity index (χ1n) is 9.13. The van der Waals surface area contributed by atoms with Gasteiger partial charge in [0, 0.05) is 62.4 Å². The molecule has 1 aromatic carbocycles. The lowest BCUT2D eigenvalue weighted by Crippen LogP contribution is -2.54. The summed E-state index contributed by atoms with van der Waals surface area (Å²) in [6.45, 7) is 4.93. The second kappa shape index (κ2) is 7.98. The van der Waals surface area contributed by atoms with Gasteiger partial charge in [-0.1, -0.05) is 17.7 Å². The molecule has 0 amide bonds. The second-order valence-corrected chi connectivity index (χ2v) is 9.14. The van der Waals surface area contributed by atoms with Gasteiger partial charge in [0.15, 0.2) is 0 Å². The van der Waals surface area contributed by atoms with Crippen LogP contribution < -0.4 is 0 Å². The highest BCUT2D eigenvalue weighted by atomic mass is 35.5. The van der Waals surface area contributed by atoms with Crippen molar-refractivity contribution >= 4 is 32.7 Å². The van der Waals surface area contributed by atoms with Crippen molar-refractivity contribution in [2.75, 3.05) is 52.5 Å². The number of morpholine rings is 1. The highest BCUT2D eigenvalue weighted by Gasteiger charge is 2.33. The van der Waals surface area contributed by atoms with E-state index in [1.54, 1.807) is 10.5 Å². The van der Waals surface area contributed by atoms with E-state index in [2.05, 4.69) is 9.88 Å². The van der Waals surface area contributed by atoms with Gasteiger partial charge in [-0.25, -0.2) is 0 Å². The fourth-order valence-electron chi connectivity index (χ4n) is 3.62. The minimum Gasteiger partial charge on any atom is -0.379 e. The Morgan fingerprint density at radius 1 is 1.00 bits per heavy atom. The van der Waals surface area contributed by atoms with Crippen LogP contribution in [0.25, 0.3) is 10.9 Å². The molecule has 7 nitrogen and oxygen atoms in total. The molecule has 3 heterocycles. The molecule has 27 heavy (non-hydrogen) atoms. The number of nitrogens with zero attached hydrogens (tertiary/aromatic N) is 4. The molecule has 1 aromatic heterocycles. The first kappa shape index (κ1) is 19.0. The summed E-state index contributed by atoms with van der Waals surface area (Å²) in [5.74, 6) is 0. The van der Waals surface area contributed by atoms with E-state index >= 15 is 0 Å². The van der Waals surface area contributed by atoms with Gasteiger partial charge in [0.2, 0.25) is 0 Å². The van der Waals surface area contributed by atoms with E-state index in [9.17, 15) is 8.42 Å². The zero-order valence-electron chi connectivity index (χ0n) is 15.1. The summed E-state index contributed by atoms with van der Waals surface area (Å²) in [6, 6.07) is 7.77. The van der Waals surface area contributed by atoms with Crippen molar-refractivity contribution < 1.29 is 13.2 Å². The predicted molar refractivity (Wildman–Crippen MR) is 105 cm³/mol. The van der Waals surface area contributed by atoms with Crippen LogP contribution in [0.3, 0.4) is 0 Å². The molecule has 2 aliphatic heterocycles. The highest BCUT2D eigenvalue weighted by molar-refractivity contribution is 7.86. The summed E-state index contributed by atoms with van der Waals surface area (Å²) in [5, 5.41) is 1.65. The van der Waals surface area contributed by atoms with E-state index in [-0.39, 0.29) is 0 Å². The van der Waals surface area contributed by atoms with Crippen molar-refractivity contribution in [1.29, 1.82) is 0 Å². The molecule has 0 radical (unpaired) electrons. The second-order valence-electron chi connectivity index (χ2n) is 6.80. The lowest BCUT2D eigenvalue weighted by molar-refractivity contribution is 0.0684. The fourth-order valence-corrected chi connectivity index (χ4v) is 5.40. The molecule has 2 aliphatic rings. The smallest absolute Gasteiger partial charge is 0.282 e. The minimum absolute atomic E-state index is 0.435. The molecule has 0 atom stereocenters. The maximum atomic E-state index is 12.8. The summed E-state index contributed by atoms with van der Waals surface area (Å²) in [5.41, 5.74) is 2.02. The number of pyridine rings is 1. The average molecular weight is 411 g/mol. The van der Waals surface area contributed by atoms with Crippen LogP contribution in [0.2, 0.25) is 5.02 Å². The summed E-state index contributed by atoms with van der Waals surface area (Å²) >= 11 is 6.27. The monoisotopic (exact) mass is 410 g/mol. The first-order valence-corrected chi connectivity index (χ1v) is 10.9. The molecule has 146 valence electrons. The van der Waals surface area contributed by atoms with Crippen LogP contribution in [0.1, 0.15) is 5.56 Å². The summed E-state index contributed by atoms with van der Waals surface area (Å²) in [6.07, 6.45) is 1.77. The normalized spacial score (nSPS) is 20.9. The Kier molecular flexibility index (Phi) is 5.63. The molecule has 4 rings (SSSR count). The first-order chi connectivity index (χ1) is 13.1. The Hall–Kier alpha value is -1.29. The Bertz CT molecular complexity index is 910. The molecule has 0 spiro atoms. The SMILES string of the molecule is O=S(=O)(N1CCOCC1)N1CCN(Cc2ccc(Cl)c3cccnc23)CC1. The van der Waals surface area contributed by atoms with Gasteiger partial charge in [-0.15, -0.1) is 0 Å². The number of piperazine rings is 1. The van der Waals surface area contributed by atoms with E-state index in [0.717, 1.165) is 23.0 Å². The van der Waals surface area contributed by atoms with Gasteiger partial charge in [0.25, 0.3) is 10.2 Å². The Balaban J connectivity index is 1.42. The molecule has 2 saturated heterocycles. The number of rotatable bonds is 4. The largest absolute Gasteiger partial charge is 0.379 e. The van der Waals surface area contributed by atoms with Gasteiger partial charge in [-0.05, 0) is 23.8 Å². The van der Waals surface area contributed by atoms with Crippen LogP contribution in [0, 0.1) is 0 Å². The van der Waals surface area contributed by atoms with Gasteiger partial charge < -0.3 is 4.74 Å². The molecule has 2 aromatic rings. The molecular formula is C18H23ClN4O3S. The van der Waals surface area contributed by atoms with E-state index in [1.807, 2.05) is 24.3 Å². The number of hydrogen-bond donors (Lipinski definition) is 0. The molecule has 0 bridgehead atoms. The molecule has 0 saturated carbocycles. The molecule has 2 fully saturated rings. The molecule has 0 aliphatic carbocycles. The number of ether oxygens (including phenoxy) is 1. The predicted octanol–water partition coefficient (Wildman–Crippen LogP) is 1.58. The van der Waals surface area contributed by atoms with Crippen LogP contribution in [0.15, 0.2) is 30.5 Å². The van der Waals surface area contributed by atoms with Gasteiger partial charge in [0.1, 0.15) is 0 Å². The van der Waals surface area contributed by atoms with Crippen molar-refractivity contribution in [2.45, 2.75) is 6.54 Å². The zero-order chi connectivity index (χ0) is 18.9. The lowest BCUT2D eigenvalue weighted by Gasteiger charge is -2.37. The standard InChI is InChI=1S/C18H23ClN4O3S/c19-17-4-3-15(18-16(17)2-1-5-20-18)14-21-6-8-22(9-7-21)27(24,25)23-10-12-26-13-11-23/h1-5H,6-14H2. The van der Waals surface area contributed by atoms with Gasteiger partial charge in [0.05, 0.1) is 18.7 Å². The third-order valence-corrected chi connectivity index (χ3v) is 7.51. The molecule has 0 N–H and O–H groups in total. The Labute approximate surface area is 164 Å². The maximum Gasteiger partial charge on any atom is 0.282 e. The number of aromatic nitrogens is 1. The number of fused-ring (bicyclic) bond motifs is 1. The fraction of sp³-hybridized carbons (Fsp3) is 0.500. The molecular weight excluding hydrogens is 388 g/mol. The summed E-state index contributed by atoms with van der Waals surface area (Å²) in [4.78, 5) is 6.75. The van der Waals surface area contributed by atoms with E-state index in [4.69, 9.17) is 16.3 Å². The van der Waals surface area contributed by atoms with E-state index in [0.29, 0.717) is 57.5 Å². The van der Waals surface area contributed by atoms with Gasteiger partial charge >= 0.3 is 0 Å². The minimum atomic E-state index is -3.39. The lowest BCUT2D eigenvalue weighted by atomic mass is 10.1. The van der Waals surface area contributed by atoms with Crippen molar-refractivity contribution in [3.63, 3.8) is 0 Å². The van der Waals surface area contributed by atoms with Crippen molar-refractivity contribution in [3.05, 3.63) is 41.0 Å². The number of halogens is 1. The van der Waals surface area contributed by atoms with Crippen LogP contribution in [-0.4, -0.2) is 79.4 Å². The van der Waals surface area contributed by atoms with Crippen LogP contribution >= 0.6 is 11.6 Å².